The number of hydrogen-bond donors (Lipinski definition) is 3. The van der Waals surface area contributed by atoms with Gasteiger partial charge in [0, 0.05) is 24.7 Å². The molecule has 1 aromatic heterocycles. The molecule has 0 radical (unpaired) electrons. The van der Waals surface area contributed by atoms with Gasteiger partial charge < -0.3 is 9.67 Å². The molecule has 1 aliphatic carbocycles. The lowest BCUT2D eigenvalue weighted by Crippen LogP contribution is -2.45. The Labute approximate surface area is 173 Å². The maximum absolute atomic E-state index is 14.4. The number of imidazole rings is 1. The number of aryl methyl sites for hydroxylation is 1. The summed E-state index contributed by atoms with van der Waals surface area (Å²) in [6, 6.07) is 2.59. The quantitative estimate of drug-likeness (QED) is 0.590. The predicted molar refractivity (Wildman–Crippen MR) is 106 cm³/mol. The average molecular weight is 445 g/mol. The summed E-state index contributed by atoms with van der Waals surface area (Å²) in [6.45, 7) is 0. The van der Waals surface area contributed by atoms with E-state index < -0.39 is 39.3 Å². The first-order valence-electron chi connectivity index (χ1n) is 9.11. The standard InChI is InChI=1S/C18H22ClFN4O4S/c1-24-8-15(21-10-24)12-6-13(17(20)14(19)7-12)18(26)22-23-29(27,28)9-11-4-2-3-5-16(11)25/h6-8,10-11,16,23,25H,2-5,9H2,1H3,(H,22,26). The molecule has 11 heteroatoms. The summed E-state index contributed by atoms with van der Waals surface area (Å²) < 4.78 is 40.6. The molecule has 0 spiro atoms. The molecule has 1 fully saturated rings. The minimum atomic E-state index is -3.91. The molecule has 29 heavy (non-hydrogen) atoms. The van der Waals surface area contributed by atoms with Gasteiger partial charge in [0.05, 0.1) is 34.5 Å². The van der Waals surface area contributed by atoms with Crippen LogP contribution in [0.5, 0.6) is 0 Å². The number of carbonyl (C=O) groups is 1. The first kappa shape index (κ1) is 21.7. The highest BCUT2D eigenvalue weighted by Gasteiger charge is 2.28. The van der Waals surface area contributed by atoms with Crippen LogP contribution in [0.25, 0.3) is 11.3 Å². The average Bonchev–Trinajstić information content (AvgIpc) is 3.10. The van der Waals surface area contributed by atoms with Crippen molar-refractivity contribution in [3.8, 4) is 11.3 Å². The van der Waals surface area contributed by atoms with Crippen molar-refractivity contribution in [1.82, 2.24) is 19.8 Å². The van der Waals surface area contributed by atoms with E-state index in [4.69, 9.17) is 11.6 Å². The van der Waals surface area contributed by atoms with E-state index in [0.717, 1.165) is 12.8 Å². The van der Waals surface area contributed by atoms with Crippen LogP contribution in [-0.4, -0.2) is 40.8 Å². The number of halogens is 2. The molecule has 0 aliphatic heterocycles. The van der Waals surface area contributed by atoms with Gasteiger partial charge in [0.25, 0.3) is 5.91 Å². The normalized spacial score (nSPS) is 19.9. The second-order valence-electron chi connectivity index (χ2n) is 7.19. The molecule has 1 amide bonds. The highest BCUT2D eigenvalue weighted by atomic mass is 35.5. The fourth-order valence-corrected chi connectivity index (χ4v) is 4.86. The highest BCUT2D eigenvalue weighted by Crippen LogP contribution is 2.27. The fraction of sp³-hybridized carbons (Fsp3) is 0.444. The third kappa shape index (κ3) is 5.33. The summed E-state index contributed by atoms with van der Waals surface area (Å²) in [4.78, 5) is 18.5. The lowest BCUT2D eigenvalue weighted by molar-refractivity contribution is 0.0805. The van der Waals surface area contributed by atoms with Crippen LogP contribution in [0.1, 0.15) is 36.0 Å². The third-order valence-electron chi connectivity index (χ3n) is 4.90. The topological polar surface area (TPSA) is 113 Å². The van der Waals surface area contributed by atoms with E-state index in [1.165, 1.54) is 12.1 Å². The van der Waals surface area contributed by atoms with Gasteiger partial charge in [0.2, 0.25) is 10.0 Å². The van der Waals surface area contributed by atoms with Crippen molar-refractivity contribution < 1.29 is 22.7 Å². The molecule has 0 bridgehead atoms. The molecule has 1 aliphatic rings. The zero-order valence-electron chi connectivity index (χ0n) is 15.7. The molecule has 3 rings (SSSR count). The Morgan fingerprint density at radius 1 is 1.38 bits per heavy atom. The molecule has 1 heterocycles. The minimum Gasteiger partial charge on any atom is -0.393 e. The van der Waals surface area contributed by atoms with Crippen molar-refractivity contribution in [2.24, 2.45) is 13.0 Å². The number of rotatable bonds is 6. The molecular formula is C18H22ClFN4O4S. The first-order chi connectivity index (χ1) is 13.7. The summed E-state index contributed by atoms with van der Waals surface area (Å²) in [7, 11) is -2.15. The number of benzene rings is 1. The molecule has 2 unspecified atom stereocenters. The Morgan fingerprint density at radius 2 is 2.10 bits per heavy atom. The van der Waals surface area contributed by atoms with E-state index in [0.29, 0.717) is 24.1 Å². The maximum atomic E-state index is 14.4. The van der Waals surface area contributed by atoms with Crippen LogP contribution in [0.3, 0.4) is 0 Å². The smallest absolute Gasteiger partial charge is 0.269 e. The number of aromatic nitrogens is 2. The Kier molecular flexibility index (Phi) is 6.57. The second-order valence-corrected chi connectivity index (χ2v) is 9.37. The van der Waals surface area contributed by atoms with Gasteiger partial charge in [-0.05, 0) is 25.0 Å². The van der Waals surface area contributed by atoms with Crippen LogP contribution >= 0.6 is 11.6 Å². The SMILES string of the molecule is Cn1cnc(-c2cc(Cl)c(F)c(C(=O)NNS(=O)(=O)CC3CCCCC3O)c2)c1. The monoisotopic (exact) mass is 444 g/mol. The van der Waals surface area contributed by atoms with Crippen LogP contribution < -0.4 is 10.3 Å². The van der Waals surface area contributed by atoms with Gasteiger partial charge in [-0.1, -0.05) is 24.4 Å². The molecule has 2 aromatic rings. The van der Waals surface area contributed by atoms with E-state index in [1.807, 2.05) is 10.3 Å². The van der Waals surface area contributed by atoms with Crippen LogP contribution in [0, 0.1) is 11.7 Å². The minimum absolute atomic E-state index is 0.286. The number of carbonyl (C=O) groups excluding carboxylic acids is 1. The third-order valence-corrected chi connectivity index (χ3v) is 6.45. The Balaban J connectivity index is 1.72. The summed E-state index contributed by atoms with van der Waals surface area (Å²) in [5.41, 5.74) is 2.49. The first-order valence-corrected chi connectivity index (χ1v) is 11.1. The van der Waals surface area contributed by atoms with E-state index in [-0.39, 0.29) is 10.8 Å². The predicted octanol–water partition coefficient (Wildman–Crippen LogP) is 1.99. The summed E-state index contributed by atoms with van der Waals surface area (Å²) in [5.74, 6) is -2.69. The molecule has 8 nitrogen and oxygen atoms in total. The van der Waals surface area contributed by atoms with Crippen molar-refractivity contribution in [3.05, 3.63) is 41.1 Å². The van der Waals surface area contributed by atoms with E-state index in [9.17, 15) is 22.7 Å². The number of amides is 1. The van der Waals surface area contributed by atoms with E-state index >= 15 is 0 Å². The van der Waals surface area contributed by atoms with Gasteiger partial charge in [-0.3, -0.25) is 10.2 Å². The molecule has 3 N–H and O–H groups in total. The largest absolute Gasteiger partial charge is 0.393 e. The van der Waals surface area contributed by atoms with Crippen molar-refractivity contribution in [2.75, 3.05) is 5.75 Å². The van der Waals surface area contributed by atoms with Crippen molar-refractivity contribution in [2.45, 2.75) is 31.8 Å². The number of aliphatic hydroxyl groups excluding tert-OH is 1. The van der Waals surface area contributed by atoms with Crippen LogP contribution in [0.15, 0.2) is 24.7 Å². The number of nitrogens with one attached hydrogen (secondary N) is 2. The maximum Gasteiger partial charge on any atom is 0.269 e. The zero-order valence-corrected chi connectivity index (χ0v) is 17.3. The zero-order chi connectivity index (χ0) is 21.2. The van der Waals surface area contributed by atoms with E-state index in [2.05, 4.69) is 4.98 Å². The van der Waals surface area contributed by atoms with Gasteiger partial charge in [-0.15, -0.1) is 4.83 Å². The second kappa shape index (κ2) is 8.78. The Bertz CT molecular complexity index is 1010. The summed E-state index contributed by atoms with van der Waals surface area (Å²) >= 11 is 5.90. The van der Waals surface area contributed by atoms with Crippen LogP contribution in [0.4, 0.5) is 4.39 Å². The van der Waals surface area contributed by atoms with Gasteiger partial charge in [-0.25, -0.2) is 17.8 Å². The van der Waals surface area contributed by atoms with Gasteiger partial charge in [0.1, 0.15) is 0 Å². The Hall–Kier alpha value is -2.01. The number of sulfonamides is 1. The van der Waals surface area contributed by atoms with Gasteiger partial charge in [0.15, 0.2) is 5.82 Å². The lowest BCUT2D eigenvalue weighted by Gasteiger charge is -2.27. The lowest BCUT2D eigenvalue weighted by atomic mass is 9.88. The molecule has 158 valence electrons. The Morgan fingerprint density at radius 3 is 2.76 bits per heavy atom. The van der Waals surface area contributed by atoms with Crippen LogP contribution in [-0.2, 0) is 17.1 Å². The van der Waals surface area contributed by atoms with Crippen LogP contribution in [0.2, 0.25) is 5.02 Å². The molecular weight excluding hydrogens is 423 g/mol. The number of nitrogens with zero attached hydrogens (tertiary/aromatic N) is 2. The van der Waals surface area contributed by atoms with E-state index in [1.54, 1.807) is 24.1 Å². The number of aliphatic hydroxyl groups is 1. The van der Waals surface area contributed by atoms with Crippen molar-refractivity contribution >= 4 is 27.5 Å². The summed E-state index contributed by atoms with van der Waals surface area (Å²) in [5, 5.41) is 9.66. The van der Waals surface area contributed by atoms with Gasteiger partial charge in [-0.2, -0.15) is 0 Å². The number of hydrogen-bond acceptors (Lipinski definition) is 5. The molecule has 2 atom stereocenters. The highest BCUT2D eigenvalue weighted by molar-refractivity contribution is 7.89. The summed E-state index contributed by atoms with van der Waals surface area (Å²) in [6.07, 6.45) is 5.36. The fourth-order valence-electron chi connectivity index (χ4n) is 3.36. The van der Waals surface area contributed by atoms with Crippen molar-refractivity contribution in [1.29, 1.82) is 0 Å². The van der Waals surface area contributed by atoms with Gasteiger partial charge >= 0.3 is 0 Å². The molecule has 0 saturated heterocycles. The number of hydrazine groups is 1. The van der Waals surface area contributed by atoms with Crippen molar-refractivity contribution in [3.63, 3.8) is 0 Å². The molecule has 1 aromatic carbocycles. The molecule has 1 saturated carbocycles.